The zero-order chi connectivity index (χ0) is 19.4. The highest BCUT2D eigenvalue weighted by molar-refractivity contribution is 9.11. The van der Waals surface area contributed by atoms with Gasteiger partial charge in [-0.05, 0) is 75.0 Å². The summed E-state index contributed by atoms with van der Waals surface area (Å²) in [5, 5.41) is 24.0. The van der Waals surface area contributed by atoms with E-state index in [9.17, 15) is 15.0 Å². The first kappa shape index (κ1) is 20.5. The van der Waals surface area contributed by atoms with Gasteiger partial charge in [-0.25, -0.2) is 5.43 Å². The van der Waals surface area contributed by atoms with Crippen molar-refractivity contribution in [2.75, 3.05) is 6.61 Å². The number of ether oxygens (including phenoxy) is 1. The van der Waals surface area contributed by atoms with Crippen molar-refractivity contribution in [1.82, 2.24) is 5.43 Å². The van der Waals surface area contributed by atoms with Crippen molar-refractivity contribution in [2.24, 2.45) is 5.10 Å². The Balaban J connectivity index is 1.96. The number of rotatable bonds is 5. The highest BCUT2D eigenvalue weighted by Gasteiger charge is 2.13. The Morgan fingerprint density at radius 3 is 2.46 bits per heavy atom. The molecule has 26 heavy (non-hydrogen) atoms. The summed E-state index contributed by atoms with van der Waals surface area (Å²) in [5.41, 5.74) is 4.32. The molecule has 0 radical (unpaired) electrons. The molecule has 0 unspecified atom stereocenters. The van der Waals surface area contributed by atoms with E-state index in [1.165, 1.54) is 12.3 Å². The number of benzene rings is 2. The number of halogens is 3. The maximum atomic E-state index is 11.8. The first-order chi connectivity index (χ1) is 12.2. The average molecular weight is 507 g/mol. The van der Waals surface area contributed by atoms with Crippen molar-refractivity contribution in [1.29, 1.82) is 0 Å². The lowest BCUT2D eigenvalue weighted by atomic mass is 10.1. The highest BCUT2D eigenvalue weighted by Crippen LogP contribution is 2.40. The molecule has 0 aliphatic heterocycles. The Kier molecular flexibility index (Phi) is 6.91. The van der Waals surface area contributed by atoms with Crippen LogP contribution in [0.4, 0.5) is 0 Å². The lowest BCUT2D eigenvalue weighted by Crippen LogP contribution is -2.24. The topological polar surface area (TPSA) is 91.2 Å². The van der Waals surface area contributed by atoms with E-state index in [0.717, 1.165) is 11.1 Å². The summed E-state index contributed by atoms with van der Waals surface area (Å²) in [5.74, 6) is -0.270. The zero-order valence-corrected chi connectivity index (χ0v) is 17.7. The van der Waals surface area contributed by atoms with Gasteiger partial charge >= 0.3 is 0 Å². The van der Waals surface area contributed by atoms with Gasteiger partial charge in [0.1, 0.15) is 21.7 Å². The number of carbonyl (C=O) groups excluding carboxylic acids is 1. The fraction of sp³-hybridized carbons (Fsp3) is 0.176. The maximum absolute atomic E-state index is 11.8. The molecule has 0 saturated heterocycles. The molecule has 0 aromatic heterocycles. The van der Waals surface area contributed by atoms with E-state index >= 15 is 0 Å². The van der Waals surface area contributed by atoms with Crippen molar-refractivity contribution in [3.63, 3.8) is 0 Å². The average Bonchev–Trinajstić information content (AvgIpc) is 2.60. The van der Waals surface area contributed by atoms with Gasteiger partial charge in [-0.3, -0.25) is 4.79 Å². The lowest BCUT2D eigenvalue weighted by Gasteiger charge is -2.09. The van der Waals surface area contributed by atoms with Gasteiger partial charge in [-0.2, -0.15) is 5.10 Å². The normalized spacial score (nSPS) is 11.0. The Labute approximate surface area is 172 Å². The van der Waals surface area contributed by atoms with Crippen LogP contribution in [0.15, 0.2) is 32.2 Å². The minimum atomic E-state index is -0.470. The van der Waals surface area contributed by atoms with Crippen LogP contribution in [-0.2, 0) is 4.79 Å². The minimum Gasteiger partial charge on any atom is -0.506 e. The fourth-order valence-electron chi connectivity index (χ4n) is 2.06. The number of nitrogens with one attached hydrogen (secondary N) is 1. The van der Waals surface area contributed by atoms with Crippen LogP contribution in [0.25, 0.3) is 0 Å². The second-order valence-electron chi connectivity index (χ2n) is 5.41. The Bertz CT molecular complexity index is 865. The van der Waals surface area contributed by atoms with Crippen LogP contribution in [0.2, 0.25) is 5.02 Å². The molecular formula is C17H15Br2ClN2O4. The molecule has 0 bridgehead atoms. The van der Waals surface area contributed by atoms with Crippen molar-refractivity contribution in [3.05, 3.63) is 48.9 Å². The summed E-state index contributed by atoms with van der Waals surface area (Å²) >= 11 is 12.3. The number of hydrogen-bond acceptors (Lipinski definition) is 5. The molecule has 9 heteroatoms. The lowest BCUT2D eigenvalue weighted by molar-refractivity contribution is -0.123. The number of phenols is 2. The number of carbonyl (C=O) groups is 1. The molecule has 6 nitrogen and oxygen atoms in total. The van der Waals surface area contributed by atoms with Gasteiger partial charge in [0.15, 0.2) is 6.61 Å². The number of nitrogens with zero attached hydrogens (tertiary/aromatic N) is 1. The number of phenolic OH excluding ortho intramolecular Hbond substituents is 2. The second kappa shape index (κ2) is 8.75. The molecule has 2 rings (SSSR count). The summed E-state index contributed by atoms with van der Waals surface area (Å²) < 4.78 is 5.91. The predicted octanol–water partition coefficient (Wildman–Crippen LogP) is 4.42. The van der Waals surface area contributed by atoms with Crippen LogP contribution >= 0.6 is 43.5 Å². The predicted molar refractivity (Wildman–Crippen MR) is 107 cm³/mol. The molecule has 0 fully saturated rings. The van der Waals surface area contributed by atoms with Crippen LogP contribution in [-0.4, -0.2) is 28.9 Å². The first-order valence-electron chi connectivity index (χ1n) is 7.32. The standard InChI is InChI=1S/C17H15Br2ClN2O4/c1-8-3-11(4-9(2)15(8)20)26-7-13(23)22-21-6-10-5-12(18)17(25)14(19)16(10)24/h3-6,24-25H,7H2,1-2H3,(H,22,23). The van der Waals surface area contributed by atoms with Crippen molar-refractivity contribution < 1.29 is 19.7 Å². The maximum Gasteiger partial charge on any atom is 0.277 e. The van der Waals surface area contributed by atoms with Crippen LogP contribution in [0.1, 0.15) is 16.7 Å². The zero-order valence-electron chi connectivity index (χ0n) is 13.8. The van der Waals surface area contributed by atoms with Crippen molar-refractivity contribution >= 4 is 55.6 Å². The van der Waals surface area contributed by atoms with E-state index in [1.807, 2.05) is 13.8 Å². The van der Waals surface area contributed by atoms with Gasteiger partial charge in [0.2, 0.25) is 0 Å². The van der Waals surface area contributed by atoms with E-state index in [0.29, 0.717) is 20.8 Å². The SMILES string of the molecule is Cc1cc(OCC(=O)NN=Cc2cc(Br)c(O)c(Br)c2O)cc(C)c1Cl. The quantitative estimate of drug-likeness (QED) is 0.414. The first-order valence-corrected chi connectivity index (χ1v) is 9.28. The van der Waals surface area contributed by atoms with Crippen LogP contribution in [0, 0.1) is 13.8 Å². The number of aryl methyl sites for hydroxylation is 2. The van der Waals surface area contributed by atoms with E-state index in [2.05, 4.69) is 42.4 Å². The molecule has 0 heterocycles. The van der Waals surface area contributed by atoms with Crippen LogP contribution in [0.3, 0.4) is 0 Å². The third kappa shape index (κ3) is 4.90. The number of aromatic hydroxyl groups is 2. The molecule has 3 N–H and O–H groups in total. The van der Waals surface area contributed by atoms with Gasteiger partial charge in [-0.15, -0.1) is 0 Å². The summed E-state index contributed by atoms with van der Waals surface area (Å²) in [6.07, 6.45) is 1.25. The van der Waals surface area contributed by atoms with E-state index in [1.54, 1.807) is 12.1 Å². The second-order valence-corrected chi connectivity index (χ2v) is 7.44. The third-order valence-electron chi connectivity index (χ3n) is 3.37. The van der Waals surface area contributed by atoms with Gasteiger partial charge < -0.3 is 14.9 Å². The van der Waals surface area contributed by atoms with Crippen molar-refractivity contribution in [3.8, 4) is 17.2 Å². The summed E-state index contributed by atoms with van der Waals surface area (Å²) in [6, 6.07) is 4.95. The van der Waals surface area contributed by atoms with Crippen molar-refractivity contribution in [2.45, 2.75) is 13.8 Å². The Hall–Kier alpha value is -1.77. The number of amides is 1. The Morgan fingerprint density at radius 1 is 1.23 bits per heavy atom. The van der Waals surface area contributed by atoms with Crippen LogP contribution in [0.5, 0.6) is 17.2 Å². The molecule has 0 aliphatic rings. The smallest absolute Gasteiger partial charge is 0.277 e. The van der Waals surface area contributed by atoms with Gasteiger partial charge in [-0.1, -0.05) is 11.6 Å². The minimum absolute atomic E-state index is 0.122. The summed E-state index contributed by atoms with van der Waals surface area (Å²) in [4.78, 5) is 11.8. The number of hydrazone groups is 1. The number of hydrogen-bond donors (Lipinski definition) is 3. The highest BCUT2D eigenvalue weighted by atomic mass is 79.9. The molecule has 2 aromatic carbocycles. The monoisotopic (exact) mass is 504 g/mol. The largest absolute Gasteiger partial charge is 0.506 e. The van der Waals surface area contributed by atoms with Gasteiger partial charge in [0.05, 0.1) is 10.7 Å². The van der Waals surface area contributed by atoms with E-state index in [-0.39, 0.29) is 22.6 Å². The molecular weight excluding hydrogens is 491 g/mol. The molecule has 2 aromatic rings. The van der Waals surface area contributed by atoms with Gasteiger partial charge in [0, 0.05) is 10.6 Å². The molecule has 1 amide bonds. The third-order valence-corrected chi connectivity index (χ3v) is 5.32. The van der Waals surface area contributed by atoms with Crippen LogP contribution < -0.4 is 10.2 Å². The van der Waals surface area contributed by atoms with Gasteiger partial charge in [0.25, 0.3) is 5.91 Å². The summed E-state index contributed by atoms with van der Waals surface area (Å²) in [6.45, 7) is 3.48. The Morgan fingerprint density at radius 2 is 1.85 bits per heavy atom. The molecule has 0 atom stereocenters. The molecule has 0 aliphatic carbocycles. The molecule has 138 valence electrons. The van der Waals surface area contributed by atoms with E-state index in [4.69, 9.17) is 16.3 Å². The molecule has 0 saturated carbocycles. The fourth-order valence-corrected chi connectivity index (χ4v) is 3.32. The van der Waals surface area contributed by atoms with E-state index < -0.39 is 5.91 Å². The summed E-state index contributed by atoms with van der Waals surface area (Å²) in [7, 11) is 0. The molecule has 0 spiro atoms.